The van der Waals surface area contributed by atoms with E-state index in [0.717, 1.165) is 44.2 Å². The summed E-state index contributed by atoms with van der Waals surface area (Å²) >= 11 is 0. The topological polar surface area (TPSA) is 83.5 Å². The lowest BCUT2D eigenvalue weighted by Gasteiger charge is -2.18. The third-order valence-corrected chi connectivity index (χ3v) is 7.78. The summed E-state index contributed by atoms with van der Waals surface area (Å²) in [6, 6.07) is 19.9. The van der Waals surface area contributed by atoms with Gasteiger partial charge in [0.1, 0.15) is 0 Å². The first-order valence-electron chi connectivity index (χ1n) is 10.6. The molecule has 0 spiro atoms. The molecule has 0 saturated carbocycles. The third kappa shape index (κ3) is 4.22. The first kappa shape index (κ1) is 22.6. The van der Waals surface area contributed by atoms with Crippen molar-refractivity contribution in [3.8, 4) is 11.1 Å². The quantitative estimate of drug-likeness (QED) is 0.370. The fourth-order valence-corrected chi connectivity index (χ4v) is 5.84. The van der Waals surface area contributed by atoms with Crippen LogP contribution in [-0.4, -0.2) is 19.5 Å². The number of hydrogen-bond donors (Lipinski definition) is 2. The van der Waals surface area contributed by atoms with E-state index < -0.39 is 16.0 Å². The number of carboxylic acid groups (broad SMARTS) is 1. The number of nitrogens with one attached hydrogen (secondary N) is 1. The number of hydrogen-bond acceptors (Lipinski definition) is 3. The van der Waals surface area contributed by atoms with Crippen molar-refractivity contribution in [2.45, 2.75) is 32.6 Å². The Kier molecular flexibility index (Phi) is 5.72. The monoisotopic (exact) mass is 459 g/mol. The first-order valence-corrected chi connectivity index (χ1v) is 12.0. The fraction of sp³-hybridized carbons (Fsp3) is 0.148. The number of aromatic carboxylic acids is 1. The fourth-order valence-electron chi connectivity index (χ4n) is 4.15. The van der Waals surface area contributed by atoms with Crippen LogP contribution >= 0.6 is 0 Å². The van der Waals surface area contributed by atoms with Crippen LogP contribution in [0.3, 0.4) is 0 Å². The van der Waals surface area contributed by atoms with Gasteiger partial charge in [-0.05, 0) is 90.7 Å². The van der Waals surface area contributed by atoms with E-state index in [9.17, 15) is 18.3 Å². The number of carboxylic acids is 1. The molecule has 0 aliphatic heterocycles. The van der Waals surface area contributed by atoms with Crippen LogP contribution in [0.2, 0.25) is 0 Å². The zero-order chi connectivity index (χ0) is 23.9. The van der Waals surface area contributed by atoms with Crippen LogP contribution in [0.5, 0.6) is 0 Å². The van der Waals surface area contributed by atoms with Gasteiger partial charge in [-0.25, -0.2) is 13.2 Å². The average Bonchev–Trinajstić information content (AvgIpc) is 2.77. The Balaban J connectivity index is 1.87. The molecule has 0 aliphatic carbocycles. The van der Waals surface area contributed by atoms with Crippen molar-refractivity contribution >= 4 is 32.5 Å². The van der Waals surface area contributed by atoms with E-state index in [-0.39, 0.29) is 5.56 Å². The zero-order valence-electron chi connectivity index (χ0n) is 18.9. The smallest absolute Gasteiger partial charge is 0.335 e. The summed E-state index contributed by atoms with van der Waals surface area (Å²) < 4.78 is 30.0. The molecule has 0 aromatic heterocycles. The number of anilines is 1. The SMILES string of the molecule is Cc1cc(C)c(C)c(S(=O)(=O)Nc2cc(-c3ccc(C(=O)O)cc3)cc3ccccc23)c1C. The maximum atomic E-state index is 13.6. The Morgan fingerprint density at radius 1 is 0.788 bits per heavy atom. The molecule has 4 rings (SSSR count). The van der Waals surface area contributed by atoms with Crippen molar-refractivity contribution in [1.82, 2.24) is 0 Å². The summed E-state index contributed by atoms with van der Waals surface area (Å²) in [6.45, 7) is 7.49. The Bertz CT molecular complexity index is 1480. The number of fused-ring (bicyclic) bond motifs is 1. The molecule has 0 saturated heterocycles. The third-order valence-electron chi connectivity index (χ3n) is 6.14. The van der Waals surface area contributed by atoms with Crippen molar-refractivity contribution in [3.63, 3.8) is 0 Å². The number of rotatable bonds is 5. The zero-order valence-corrected chi connectivity index (χ0v) is 19.7. The van der Waals surface area contributed by atoms with E-state index in [2.05, 4.69) is 4.72 Å². The summed E-state index contributed by atoms with van der Waals surface area (Å²) in [4.78, 5) is 11.5. The maximum absolute atomic E-state index is 13.6. The molecule has 5 nitrogen and oxygen atoms in total. The summed E-state index contributed by atoms with van der Waals surface area (Å²) in [5, 5.41) is 10.8. The molecule has 0 aliphatic rings. The first-order chi connectivity index (χ1) is 15.6. The molecule has 2 N–H and O–H groups in total. The van der Waals surface area contributed by atoms with E-state index in [1.54, 1.807) is 30.3 Å². The number of sulfonamides is 1. The van der Waals surface area contributed by atoms with E-state index in [0.29, 0.717) is 10.6 Å². The summed E-state index contributed by atoms with van der Waals surface area (Å²) in [5.74, 6) is -0.993. The van der Waals surface area contributed by atoms with Gasteiger partial charge in [0.25, 0.3) is 10.0 Å². The van der Waals surface area contributed by atoms with Gasteiger partial charge in [0.2, 0.25) is 0 Å². The van der Waals surface area contributed by atoms with Gasteiger partial charge in [-0.15, -0.1) is 0 Å². The molecule has 4 aromatic rings. The van der Waals surface area contributed by atoms with Crippen molar-refractivity contribution in [1.29, 1.82) is 0 Å². The molecule has 6 heteroatoms. The van der Waals surface area contributed by atoms with Crippen LogP contribution in [0, 0.1) is 27.7 Å². The van der Waals surface area contributed by atoms with E-state index in [1.165, 1.54) is 0 Å². The van der Waals surface area contributed by atoms with Crippen molar-refractivity contribution in [3.05, 3.63) is 94.5 Å². The highest BCUT2D eigenvalue weighted by Gasteiger charge is 2.23. The normalized spacial score (nSPS) is 11.5. The molecule has 168 valence electrons. The number of benzene rings is 4. The summed E-state index contributed by atoms with van der Waals surface area (Å²) in [5.41, 5.74) is 5.57. The minimum Gasteiger partial charge on any atom is -0.478 e. The molecule has 4 aromatic carbocycles. The molecule has 0 bridgehead atoms. The number of carbonyl (C=O) groups is 1. The minimum atomic E-state index is -3.86. The van der Waals surface area contributed by atoms with Gasteiger partial charge in [-0.1, -0.05) is 42.5 Å². The Hall–Kier alpha value is -3.64. The van der Waals surface area contributed by atoms with Crippen LogP contribution < -0.4 is 4.72 Å². The lowest BCUT2D eigenvalue weighted by molar-refractivity contribution is 0.0697. The second-order valence-electron chi connectivity index (χ2n) is 8.32. The van der Waals surface area contributed by atoms with Crippen LogP contribution in [0.25, 0.3) is 21.9 Å². The molecule has 0 amide bonds. The second kappa shape index (κ2) is 8.37. The molecule has 33 heavy (non-hydrogen) atoms. The van der Waals surface area contributed by atoms with Gasteiger partial charge in [0, 0.05) is 5.39 Å². The number of aryl methyl sites for hydroxylation is 2. The van der Waals surface area contributed by atoms with Crippen molar-refractivity contribution < 1.29 is 18.3 Å². The lowest BCUT2D eigenvalue weighted by Crippen LogP contribution is -2.17. The molecular formula is C27H25NO4S. The highest BCUT2D eigenvalue weighted by Crippen LogP contribution is 2.34. The highest BCUT2D eigenvalue weighted by atomic mass is 32.2. The van der Waals surface area contributed by atoms with Gasteiger partial charge < -0.3 is 5.11 Å². The largest absolute Gasteiger partial charge is 0.478 e. The maximum Gasteiger partial charge on any atom is 0.335 e. The molecule has 0 unspecified atom stereocenters. The predicted octanol–water partition coefficient (Wildman–Crippen LogP) is 6.24. The summed E-state index contributed by atoms with van der Waals surface area (Å²) in [7, 11) is -3.86. The van der Waals surface area contributed by atoms with Crippen molar-refractivity contribution in [2.24, 2.45) is 0 Å². The Morgan fingerprint density at radius 2 is 1.39 bits per heavy atom. The lowest BCUT2D eigenvalue weighted by atomic mass is 9.99. The highest BCUT2D eigenvalue weighted by molar-refractivity contribution is 7.92. The Morgan fingerprint density at radius 3 is 2.00 bits per heavy atom. The van der Waals surface area contributed by atoms with Crippen LogP contribution in [-0.2, 0) is 10.0 Å². The summed E-state index contributed by atoms with van der Waals surface area (Å²) in [6.07, 6.45) is 0. The van der Waals surface area contributed by atoms with E-state index >= 15 is 0 Å². The van der Waals surface area contributed by atoms with Crippen LogP contribution in [0.1, 0.15) is 32.6 Å². The average molecular weight is 460 g/mol. The predicted molar refractivity (Wildman–Crippen MR) is 133 cm³/mol. The Labute approximate surface area is 193 Å². The van der Waals surface area contributed by atoms with E-state index in [1.807, 2.05) is 64.1 Å². The van der Waals surface area contributed by atoms with Gasteiger partial charge in [0.15, 0.2) is 0 Å². The molecular weight excluding hydrogens is 434 g/mol. The van der Waals surface area contributed by atoms with E-state index in [4.69, 9.17) is 0 Å². The van der Waals surface area contributed by atoms with Crippen molar-refractivity contribution in [2.75, 3.05) is 4.72 Å². The standard InChI is InChI=1S/C27H25NO4S/c1-16-13-17(2)19(4)26(18(16)3)33(31,32)28-25-15-23(14-22-7-5-6-8-24(22)25)20-9-11-21(12-10-20)27(29)30/h5-15,28H,1-4H3,(H,29,30). The molecule has 0 heterocycles. The van der Waals surface area contributed by atoms with Gasteiger partial charge in [-0.2, -0.15) is 0 Å². The second-order valence-corrected chi connectivity index (χ2v) is 9.94. The van der Waals surface area contributed by atoms with Gasteiger partial charge >= 0.3 is 5.97 Å². The molecule has 0 radical (unpaired) electrons. The molecule has 0 fully saturated rings. The van der Waals surface area contributed by atoms with Crippen LogP contribution in [0.15, 0.2) is 71.6 Å². The van der Waals surface area contributed by atoms with Crippen LogP contribution in [0.4, 0.5) is 5.69 Å². The van der Waals surface area contributed by atoms with Gasteiger partial charge in [0.05, 0.1) is 16.1 Å². The molecule has 0 atom stereocenters. The van der Waals surface area contributed by atoms with Gasteiger partial charge in [-0.3, -0.25) is 4.72 Å². The minimum absolute atomic E-state index is 0.196.